The average molecular weight is 393 g/mol. The lowest BCUT2D eigenvalue weighted by atomic mass is 10.1. The first-order valence-electron chi connectivity index (χ1n) is 7.50. The summed E-state index contributed by atoms with van der Waals surface area (Å²) in [6.07, 6.45) is 0.106. The van der Waals surface area contributed by atoms with Crippen LogP contribution < -0.4 is 10.2 Å². The highest BCUT2D eigenvalue weighted by atomic mass is 79.9. The summed E-state index contributed by atoms with van der Waals surface area (Å²) in [5.74, 6) is -0.677. The van der Waals surface area contributed by atoms with Crippen LogP contribution in [0.15, 0.2) is 53.0 Å². The predicted octanol–water partition coefficient (Wildman–Crippen LogP) is 3.30. The molecule has 0 saturated heterocycles. The second kappa shape index (κ2) is 8.59. The van der Waals surface area contributed by atoms with Crippen LogP contribution in [-0.2, 0) is 16.0 Å². The SMILES string of the molecule is CC(=O)N(CCNC(=O)Cc1cccc(F)c1)c1cccc(Br)c1. The predicted molar refractivity (Wildman–Crippen MR) is 95.3 cm³/mol. The smallest absolute Gasteiger partial charge is 0.224 e. The third kappa shape index (κ3) is 5.45. The number of benzene rings is 2. The lowest BCUT2D eigenvalue weighted by Gasteiger charge is -2.21. The van der Waals surface area contributed by atoms with Crippen LogP contribution >= 0.6 is 15.9 Å². The third-order valence-electron chi connectivity index (χ3n) is 3.41. The molecule has 4 nitrogen and oxygen atoms in total. The molecule has 0 unspecified atom stereocenters. The standard InChI is InChI=1S/C18H18BrFN2O2/c1-13(23)22(17-7-3-5-15(19)12-17)9-8-21-18(24)11-14-4-2-6-16(20)10-14/h2-7,10,12H,8-9,11H2,1H3,(H,21,24). The van der Waals surface area contributed by atoms with Crippen molar-refractivity contribution in [1.82, 2.24) is 5.32 Å². The number of carbonyl (C=O) groups excluding carboxylic acids is 2. The molecule has 2 amide bonds. The number of amides is 2. The summed E-state index contributed by atoms with van der Waals surface area (Å²) < 4.78 is 14.0. The molecule has 126 valence electrons. The molecule has 0 spiro atoms. The molecule has 0 aliphatic carbocycles. The normalized spacial score (nSPS) is 10.3. The van der Waals surface area contributed by atoms with Crippen molar-refractivity contribution >= 4 is 33.4 Å². The Morgan fingerprint density at radius 3 is 2.58 bits per heavy atom. The van der Waals surface area contributed by atoms with Gasteiger partial charge in [-0.3, -0.25) is 9.59 Å². The van der Waals surface area contributed by atoms with E-state index in [9.17, 15) is 14.0 Å². The van der Waals surface area contributed by atoms with Gasteiger partial charge in [-0.2, -0.15) is 0 Å². The highest BCUT2D eigenvalue weighted by molar-refractivity contribution is 9.10. The molecule has 6 heteroatoms. The van der Waals surface area contributed by atoms with E-state index in [1.165, 1.54) is 19.1 Å². The van der Waals surface area contributed by atoms with Crippen LogP contribution in [0.2, 0.25) is 0 Å². The highest BCUT2D eigenvalue weighted by Crippen LogP contribution is 2.19. The number of rotatable bonds is 6. The van der Waals surface area contributed by atoms with Crippen molar-refractivity contribution < 1.29 is 14.0 Å². The Morgan fingerprint density at radius 1 is 1.17 bits per heavy atom. The van der Waals surface area contributed by atoms with Gasteiger partial charge >= 0.3 is 0 Å². The number of nitrogens with zero attached hydrogens (tertiary/aromatic N) is 1. The Labute approximate surface area is 148 Å². The first kappa shape index (κ1) is 18.1. The number of nitrogens with one attached hydrogen (secondary N) is 1. The summed E-state index contributed by atoms with van der Waals surface area (Å²) in [5, 5.41) is 2.75. The molecule has 0 bridgehead atoms. The van der Waals surface area contributed by atoms with Crippen molar-refractivity contribution in [3.8, 4) is 0 Å². The van der Waals surface area contributed by atoms with Crippen LogP contribution in [0.1, 0.15) is 12.5 Å². The zero-order valence-corrected chi connectivity index (χ0v) is 14.8. The van der Waals surface area contributed by atoms with Crippen LogP contribution in [0.25, 0.3) is 0 Å². The highest BCUT2D eigenvalue weighted by Gasteiger charge is 2.12. The molecule has 2 rings (SSSR count). The maximum atomic E-state index is 13.1. The minimum Gasteiger partial charge on any atom is -0.354 e. The van der Waals surface area contributed by atoms with Crippen LogP contribution in [-0.4, -0.2) is 24.9 Å². The molecule has 0 fully saturated rings. The molecule has 24 heavy (non-hydrogen) atoms. The van der Waals surface area contributed by atoms with Gasteiger partial charge in [-0.15, -0.1) is 0 Å². The lowest BCUT2D eigenvalue weighted by Crippen LogP contribution is -2.38. The van der Waals surface area contributed by atoms with Gasteiger partial charge < -0.3 is 10.2 Å². The van der Waals surface area contributed by atoms with Gasteiger partial charge in [0.05, 0.1) is 6.42 Å². The Balaban J connectivity index is 1.89. The van der Waals surface area contributed by atoms with Gasteiger partial charge in [0.2, 0.25) is 11.8 Å². The molecule has 0 aliphatic heterocycles. The Kier molecular flexibility index (Phi) is 6.49. The Bertz CT molecular complexity index is 736. The van der Waals surface area contributed by atoms with Gasteiger partial charge in [0.15, 0.2) is 0 Å². The fourth-order valence-corrected chi connectivity index (χ4v) is 2.70. The molecule has 2 aromatic carbocycles. The van der Waals surface area contributed by atoms with Gasteiger partial charge in [-0.25, -0.2) is 4.39 Å². The molecule has 0 aliphatic rings. The fourth-order valence-electron chi connectivity index (χ4n) is 2.31. The zero-order chi connectivity index (χ0) is 17.5. The number of hydrogen-bond donors (Lipinski definition) is 1. The molecule has 2 aromatic rings. The lowest BCUT2D eigenvalue weighted by molar-refractivity contribution is -0.121. The average Bonchev–Trinajstić information content (AvgIpc) is 2.51. The summed E-state index contributed by atoms with van der Waals surface area (Å²) >= 11 is 3.38. The van der Waals surface area contributed by atoms with E-state index in [-0.39, 0.29) is 24.1 Å². The second-order valence-electron chi connectivity index (χ2n) is 5.31. The van der Waals surface area contributed by atoms with Crippen molar-refractivity contribution in [3.05, 3.63) is 64.4 Å². The zero-order valence-electron chi connectivity index (χ0n) is 13.3. The van der Waals surface area contributed by atoms with E-state index in [1.54, 1.807) is 17.0 Å². The summed E-state index contributed by atoms with van der Waals surface area (Å²) in [7, 11) is 0. The minimum atomic E-state index is -0.363. The first-order valence-corrected chi connectivity index (χ1v) is 8.30. The summed E-state index contributed by atoms with van der Waals surface area (Å²) in [6, 6.07) is 13.3. The second-order valence-corrected chi connectivity index (χ2v) is 6.22. The van der Waals surface area contributed by atoms with E-state index in [0.717, 1.165) is 10.2 Å². The third-order valence-corrected chi connectivity index (χ3v) is 3.90. The molecule has 0 radical (unpaired) electrons. The van der Waals surface area contributed by atoms with Gasteiger partial charge in [-0.1, -0.05) is 34.1 Å². The molecule has 0 saturated carbocycles. The quantitative estimate of drug-likeness (QED) is 0.819. The number of anilines is 1. The van der Waals surface area contributed by atoms with E-state index in [0.29, 0.717) is 18.7 Å². The van der Waals surface area contributed by atoms with Gasteiger partial charge in [0, 0.05) is 30.2 Å². The molecule has 0 atom stereocenters. The first-order chi connectivity index (χ1) is 11.5. The van der Waals surface area contributed by atoms with Gasteiger partial charge in [0.1, 0.15) is 5.82 Å². The monoisotopic (exact) mass is 392 g/mol. The molecule has 0 aromatic heterocycles. The fraction of sp³-hybridized carbons (Fsp3) is 0.222. The van der Waals surface area contributed by atoms with Crippen LogP contribution in [0.3, 0.4) is 0 Å². The van der Waals surface area contributed by atoms with Gasteiger partial charge in [-0.05, 0) is 35.9 Å². The van der Waals surface area contributed by atoms with Crippen molar-refractivity contribution in [3.63, 3.8) is 0 Å². The topological polar surface area (TPSA) is 49.4 Å². The van der Waals surface area contributed by atoms with Crippen molar-refractivity contribution in [2.24, 2.45) is 0 Å². The van der Waals surface area contributed by atoms with Gasteiger partial charge in [0.25, 0.3) is 0 Å². The Hall–Kier alpha value is -2.21. The summed E-state index contributed by atoms with van der Waals surface area (Å²) in [4.78, 5) is 25.3. The number of hydrogen-bond acceptors (Lipinski definition) is 2. The van der Waals surface area contributed by atoms with E-state index in [2.05, 4.69) is 21.2 Å². The van der Waals surface area contributed by atoms with Crippen LogP contribution in [0.5, 0.6) is 0 Å². The largest absolute Gasteiger partial charge is 0.354 e. The molecule has 1 N–H and O–H groups in total. The van der Waals surface area contributed by atoms with E-state index < -0.39 is 0 Å². The van der Waals surface area contributed by atoms with E-state index >= 15 is 0 Å². The molecule has 0 heterocycles. The van der Waals surface area contributed by atoms with E-state index in [1.807, 2.05) is 24.3 Å². The number of carbonyl (C=O) groups is 2. The number of halogens is 2. The van der Waals surface area contributed by atoms with Crippen molar-refractivity contribution in [1.29, 1.82) is 0 Å². The van der Waals surface area contributed by atoms with Crippen molar-refractivity contribution in [2.75, 3.05) is 18.0 Å². The van der Waals surface area contributed by atoms with Crippen molar-refractivity contribution in [2.45, 2.75) is 13.3 Å². The van der Waals surface area contributed by atoms with Crippen LogP contribution in [0, 0.1) is 5.82 Å². The van der Waals surface area contributed by atoms with Crippen LogP contribution in [0.4, 0.5) is 10.1 Å². The summed E-state index contributed by atoms with van der Waals surface area (Å²) in [5.41, 5.74) is 1.37. The summed E-state index contributed by atoms with van der Waals surface area (Å²) in [6.45, 7) is 2.16. The molecular weight excluding hydrogens is 375 g/mol. The van der Waals surface area contributed by atoms with E-state index in [4.69, 9.17) is 0 Å². The maximum Gasteiger partial charge on any atom is 0.224 e. The minimum absolute atomic E-state index is 0.104. The molecular formula is C18H18BrFN2O2. The Morgan fingerprint density at radius 2 is 1.92 bits per heavy atom. The maximum absolute atomic E-state index is 13.1.